The number of nitrogens with zero attached hydrogens (tertiary/aromatic N) is 4. The van der Waals surface area contributed by atoms with Gasteiger partial charge >= 0.3 is 0 Å². The van der Waals surface area contributed by atoms with Crippen molar-refractivity contribution in [2.75, 3.05) is 5.73 Å². The Morgan fingerprint density at radius 3 is 2.95 bits per heavy atom. The summed E-state index contributed by atoms with van der Waals surface area (Å²) in [6.45, 7) is 0.343. The van der Waals surface area contributed by atoms with Gasteiger partial charge in [0.05, 0.1) is 12.7 Å². The molecule has 0 bridgehead atoms. The predicted molar refractivity (Wildman–Crippen MR) is 77.7 cm³/mol. The highest BCUT2D eigenvalue weighted by atomic mass is 35.5. The Hall–Kier alpha value is -2.34. The number of nitrogens with two attached hydrogens (primary N) is 1. The van der Waals surface area contributed by atoms with Gasteiger partial charge in [-0.15, -0.1) is 0 Å². The Labute approximate surface area is 119 Å². The van der Waals surface area contributed by atoms with Crippen molar-refractivity contribution >= 4 is 28.3 Å². The lowest BCUT2D eigenvalue weighted by Crippen LogP contribution is -2.21. The van der Waals surface area contributed by atoms with Gasteiger partial charge in [-0.2, -0.15) is 5.10 Å². The van der Waals surface area contributed by atoms with E-state index in [1.807, 2.05) is 0 Å². The van der Waals surface area contributed by atoms with Gasteiger partial charge in [0, 0.05) is 17.8 Å². The second-order valence-electron chi connectivity index (χ2n) is 4.53. The molecule has 6 nitrogen and oxygen atoms in total. The van der Waals surface area contributed by atoms with Crippen molar-refractivity contribution in [3.63, 3.8) is 0 Å². The lowest BCUT2D eigenvalue weighted by atomic mass is 10.2. The molecule has 20 heavy (non-hydrogen) atoms. The average molecular weight is 290 g/mol. The monoisotopic (exact) mass is 289 g/mol. The lowest BCUT2D eigenvalue weighted by molar-refractivity contribution is 0.737. The minimum absolute atomic E-state index is 0.143. The van der Waals surface area contributed by atoms with Gasteiger partial charge in [-0.3, -0.25) is 14.0 Å². The summed E-state index contributed by atoms with van der Waals surface area (Å²) in [5, 5.41) is 5.05. The molecule has 0 aliphatic rings. The maximum Gasteiger partial charge on any atom is 0.264 e. The van der Waals surface area contributed by atoms with Crippen LogP contribution in [0, 0.1) is 0 Å². The van der Waals surface area contributed by atoms with E-state index in [0.717, 1.165) is 5.56 Å². The average Bonchev–Trinajstić information content (AvgIpc) is 2.78. The zero-order valence-corrected chi connectivity index (χ0v) is 11.5. The third-order valence-electron chi connectivity index (χ3n) is 3.14. The molecule has 0 aliphatic heterocycles. The minimum atomic E-state index is -0.143. The summed E-state index contributed by atoms with van der Waals surface area (Å²) in [5.74, 6) is 0. The van der Waals surface area contributed by atoms with Crippen LogP contribution in [0.25, 0.3) is 11.0 Å². The molecule has 0 radical (unpaired) electrons. The highest BCUT2D eigenvalue weighted by Crippen LogP contribution is 2.19. The largest absolute Gasteiger partial charge is 0.399 e. The summed E-state index contributed by atoms with van der Waals surface area (Å²) in [7, 11) is 1.75. The summed E-state index contributed by atoms with van der Waals surface area (Å²) in [5.41, 5.74) is 7.48. The van der Waals surface area contributed by atoms with Gasteiger partial charge in [0.2, 0.25) is 0 Å². The number of halogens is 1. The molecule has 0 fully saturated rings. The van der Waals surface area contributed by atoms with E-state index in [1.165, 1.54) is 17.1 Å². The van der Waals surface area contributed by atoms with Crippen LogP contribution in [-0.4, -0.2) is 19.3 Å². The maximum absolute atomic E-state index is 12.3. The number of rotatable bonds is 2. The Balaban J connectivity index is 2.07. The third kappa shape index (κ3) is 2.04. The fourth-order valence-electron chi connectivity index (χ4n) is 2.05. The van der Waals surface area contributed by atoms with E-state index >= 15 is 0 Å². The Morgan fingerprint density at radius 2 is 2.20 bits per heavy atom. The normalized spacial score (nSPS) is 11.1. The van der Waals surface area contributed by atoms with Gasteiger partial charge in [0.15, 0.2) is 5.65 Å². The van der Waals surface area contributed by atoms with Crippen molar-refractivity contribution in [2.24, 2.45) is 7.05 Å². The van der Waals surface area contributed by atoms with Crippen LogP contribution < -0.4 is 11.3 Å². The molecule has 2 N–H and O–H groups in total. The van der Waals surface area contributed by atoms with E-state index < -0.39 is 0 Å². The van der Waals surface area contributed by atoms with Crippen LogP contribution in [0.4, 0.5) is 5.69 Å². The van der Waals surface area contributed by atoms with Crippen LogP contribution in [-0.2, 0) is 13.6 Å². The molecule has 0 amide bonds. The molecule has 0 unspecified atom stereocenters. The second kappa shape index (κ2) is 4.64. The molecule has 0 atom stereocenters. The minimum Gasteiger partial charge on any atom is -0.399 e. The number of fused-ring (bicyclic) bond motifs is 1. The highest BCUT2D eigenvalue weighted by Gasteiger charge is 2.09. The first kappa shape index (κ1) is 12.7. The molecule has 0 spiro atoms. The number of benzene rings is 1. The number of hydrogen-bond donors (Lipinski definition) is 1. The molecule has 0 saturated carbocycles. The molecular weight excluding hydrogens is 278 g/mol. The van der Waals surface area contributed by atoms with Crippen LogP contribution in [0.3, 0.4) is 0 Å². The zero-order chi connectivity index (χ0) is 14.3. The standard InChI is InChI=1S/C13H12ClN5O/c1-18-12-10(5-17-18)13(20)19(7-16-12)6-8-2-3-9(15)4-11(8)14/h2-5,7H,6,15H2,1H3. The number of anilines is 1. The third-order valence-corrected chi connectivity index (χ3v) is 3.49. The Kier molecular flexibility index (Phi) is 2.94. The lowest BCUT2D eigenvalue weighted by Gasteiger charge is -2.08. The van der Waals surface area contributed by atoms with Gasteiger partial charge in [0.1, 0.15) is 11.7 Å². The topological polar surface area (TPSA) is 78.7 Å². The zero-order valence-electron chi connectivity index (χ0n) is 10.7. The SMILES string of the molecule is Cn1ncc2c(=O)n(Cc3ccc(N)cc3Cl)cnc21. The molecule has 0 aliphatic carbocycles. The van der Waals surface area contributed by atoms with Gasteiger partial charge in [-0.1, -0.05) is 17.7 Å². The summed E-state index contributed by atoms with van der Waals surface area (Å²) in [6.07, 6.45) is 3.02. The molecule has 102 valence electrons. The van der Waals surface area contributed by atoms with Crippen LogP contribution in [0.5, 0.6) is 0 Å². The molecular formula is C13H12ClN5O. The predicted octanol–water partition coefficient (Wildman–Crippen LogP) is 1.41. The van der Waals surface area contributed by atoms with E-state index in [-0.39, 0.29) is 5.56 Å². The van der Waals surface area contributed by atoms with Crippen LogP contribution in [0.1, 0.15) is 5.56 Å². The molecule has 2 aromatic heterocycles. The Morgan fingerprint density at radius 1 is 1.40 bits per heavy atom. The Bertz CT molecular complexity index is 852. The van der Waals surface area contributed by atoms with E-state index in [9.17, 15) is 4.79 Å². The van der Waals surface area contributed by atoms with E-state index in [4.69, 9.17) is 17.3 Å². The molecule has 7 heteroatoms. The first-order chi connectivity index (χ1) is 9.56. The van der Waals surface area contributed by atoms with E-state index in [1.54, 1.807) is 29.9 Å². The number of nitrogen functional groups attached to an aromatic ring is 1. The van der Waals surface area contributed by atoms with Crippen molar-refractivity contribution in [3.8, 4) is 0 Å². The summed E-state index contributed by atoms with van der Waals surface area (Å²) >= 11 is 6.12. The number of aromatic nitrogens is 4. The fraction of sp³-hybridized carbons (Fsp3) is 0.154. The van der Waals surface area contributed by atoms with Crippen molar-refractivity contribution in [2.45, 2.75) is 6.54 Å². The highest BCUT2D eigenvalue weighted by molar-refractivity contribution is 6.31. The molecule has 2 heterocycles. The maximum atomic E-state index is 12.3. The van der Waals surface area contributed by atoms with Crippen molar-refractivity contribution in [3.05, 3.63) is 51.7 Å². The van der Waals surface area contributed by atoms with E-state index in [0.29, 0.717) is 28.3 Å². The van der Waals surface area contributed by atoms with Gasteiger partial charge in [-0.25, -0.2) is 4.98 Å². The summed E-state index contributed by atoms with van der Waals surface area (Å²) < 4.78 is 3.07. The fourth-order valence-corrected chi connectivity index (χ4v) is 2.30. The number of aryl methyl sites for hydroxylation is 1. The van der Waals surface area contributed by atoms with Gasteiger partial charge in [0.25, 0.3) is 5.56 Å². The first-order valence-corrected chi connectivity index (χ1v) is 6.35. The van der Waals surface area contributed by atoms with E-state index in [2.05, 4.69) is 10.1 Å². The van der Waals surface area contributed by atoms with Crippen molar-refractivity contribution < 1.29 is 0 Å². The molecule has 3 aromatic rings. The summed E-state index contributed by atoms with van der Waals surface area (Å²) in [6, 6.07) is 5.22. The van der Waals surface area contributed by atoms with Crippen LogP contribution >= 0.6 is 11.6 Å². The second-order valence-corrected chi connectivity index (χ2v) is 4.94. The van der Waals surface area contributed by atoms with Gasteiger partial charge < -0.3 is 5.73 Å². The van der Waals surface area contributed by atoms with Crippen molar-refractivity contribution in [1.29, 1.82) is 0 Å². The van der Waals surface area contributed by atoms with Gasteiger partial charge in [-0.05, 0) is 17.7 Å². The first-order valence-electron chi connectivity index (χ1n) is 5.97. The van der Waals surface area contributed by atoms with Crippen LogP contribution in [0.2, 0.25) is 5.02 Å². The number of hydrogen-bond acceptors (Lipinski definition) is 4. The molecule has 1 aromatic carbocycles. The smallest absolute Gasteiger partial charge is 0.264 e. The summed E-state index contributed by atoms with van der Waals surface area (Å²) in [4.78, 5) is 16.6. The van der Waals surface area contributed by atoms with Crippen LogP contribution in [0.15, 0.2) is 35.5 Å². The quantitative estimate of drug-likeness (QED) is 0.724. The molecule has 0 saturated heterocycles. The van der Waals surface area contributed by atoms with Crippen molar-refractivity contribution in [1.82, 2.24) is 19.3 Å². The molecule has 3 rings (SSSR count).